The van der Waals surface area contributed by atoms with E-state index in [0.717, 1.165) is 67.4 Å². The number of nitrogens with zero attached hydrogens (tertiary/aromatic N) is 5. The van der Waals surface area contributed by atoms with Crippen LogP contribution in [-0.2, 0) is 17.8 Å². The maximum Gasteiger partial charge on any atom is 0.252 e. The van der Waals surface area contributed by atoms with E-state index in [1.165, 1.54) is 24.0 Å². The topological polar surface area (TPSA) is 88.9 Å². The van der Waals surface area contributed by atoms with E-state index in [4.69, 9.17) is 4.74 Å². The third-order valence-corrected chi connectivity index (χ3v) is 7.90. The van der Waals surface area contributed by atoms with Crippen LogP contribution >= 0.6 is 0 Å². The molecule has 8 heteroatoms. The highest BCUT2D eigenvalue weighted by atomic mass is 16.5. The Kier molecular flexibility index (Phi) is 7.29. The summed E-state index contributed by atoms with van der Waals surface area (Å²) in [6.45, 7) is 8.52. The first-order valence-electron chi connectivity index (χ1n) is 13.3. The molecule has 0 unspecified atom stereocenters. The lowest BCUT2D eigenvalue weighted by Crippen LogP contribution is -2.39. The first kappa shape index (κ1) is 24.1. The van der Waals surface area contributed by atoms with Crippen molar-refractivity contribution in [3.63, 3.8) is 0 Å². The van der Waals surface area contributed by atoms with Gasteiger partial charge >= 0.3 is 0 Å². The van der Waals surface area contributed by atoms with Crippen molar-refractivity contribution >= 4 is 10.9 Å². The number of pyridine rings is 1. The Hall–Kier alpha value is -2.58. The van der Waals surface area contributed by atoms with Gasteiger partial charge in [0.15, 0.2) is 5.82 Å². The number of aryl methyl sites for hydroxylation is 2. The van der Waals surface area contributed by atoms with E-state index in [0.29, 0.717) is 19.1 Å². The molecule has 1 saturated carbocycles. The summed E-state index contributed by atoms with van der Waals surface area (Å²) in [6.07, 6.45) is 9.05. The summed E-state index contributed by atoms with van der Waals surface area (Å²) in [4.78, 5) is 18.9. The Bertz CT molecular complexity index is 1210. The minimum atomic E-state index is -0.00190. The van der Waals surface area contributed by atoms with Crippen LogP contribution in [0.2, 0.25) is 0 Å². The van der Waals surface area contributed by atoms with Crippen molar-refractivity contribution in [1.82, 2.24) is 30.1 Å². The second-order valence-electron chi connectivity index (χ2n) is 10.4. The second kappa shape index (κ2) is 10.6. The highest BCUT2D eigenvalue weighted by Gasteiger charge is 2.33. The lowest BCUT2D eigenvalue weighted by Gasteiger charge is -2.36. The number of hydrogen-bond donors (Lipinski definition) is 1. The van der Waals surface area contributed by atoms with Gasteiger partial charge in [-0.25, -0.2) is 4.68 Å². The minimum absolute atomic E-state index is 0.00190. The minimum Gasteiger partial charge on any atom is -0.376 e. The number of ether oxygens (including phenoxy) is 1. The number of hydrogen-bond acceptors (Lipinski definition) is 6. The standard InChI is InChI=1S/C27H38N6O2/c1-4-8-25(26-29-30-31-33(26)17-23-11-7-12-35-23)32(22-9-5-6-10-22)16-21-15-20-13-18(2)19(3)14-24(20)28-27(21)34/h13-15,22-23,25H,4-12,16-17H2,1-3H3,(H,28,34)/t23-,25-/m0/s1. The van der Waals surface area contributed by atoms with Gasteiger partial charge in [-0.2, -0.15) is 0 Å². The Labute approximate surface area is 207 Å². The maximum atomic E-state index is 13.2. The zero-order valence-corrected chi connectivity index (χ0v) is 21.3. The molecule has 2 aromatic heterocycles. The molecule has 35 heavy (non-hydrogen) atoms. The number of rotatable bonds is 9. The fraction of sp³-hybridized carbons (Fsp3) is 0.630. The molecule has 2 atom stereocenters. The van der Waals surface area contributed by atoms with Crippen molar-refractivity contribution < 1.29 is 4.74 Å². The lowest BCUT2D eigenvalue weighted by atomic mass is 10.0. The summed E-state index contributed by atoms with van der Waals surface area (Å²) in [6, 6.07) is 6.82. The van der Waals surface area contributed by atoms with Crippen molar-refractivity contribution in [3.05, 3.63) is 51.1 Å². The molecular formula is C27H38N6O2. The summed E-state index contributed by atoms with van der Waals surface area (Å²) in [5.41, 5.74) is 4.14. The summed E-state index contributed by atoms with van der Waals surface area (Å²) in [5, 5.41) is 14.0. The molecule has 0 amide bonds. The maximum absolute atomic E-state index is 13.2. The quantitative estimate of drug-likeness (QED) is 0.484. The molecular weight excluding hydrogens is 440 g/mol. The molecule has 0 bridgehead atoms. The summed E-state index contributed by atoms with van der Waals surface area (Å²) in [7, 11) is 0. The SMILES string of the molecule is CCC[C@@H](c1nnnn1C[C@@H]1CCCO1)N(Cc1cc2cc(C)c(C)cc2[nH]c1=O)C1CCCC1. The van der Waals surface area contributed by atoms with Crippen LogP contribution in [0, 0.1) is 13.8 Å². The van der Waals surface area contributed by atoms with E-state index < -0.39 is 0 Å². The van der Waals surface area contributed by atoms with Gasteiger partial charge < -0.3 is 9.72 Å². The fourth-order valence-electron chi connectivity index (χ4n) is 5.84. The van der Waals surface area contributed by atoms with Gasteiger partial charge in [-0.15, -0.1) is 5.10 Å². The second-order valence-corrected chi connectivity index (χ2v) is 10.4. The Morgan fingerprint density at radius 2 is 1.94 bits per heavy atom. The molecule has 1 N–H and O–H groups in total. The molecule has 3 aromatic rings. The zero-order valence-electron chi connectivity index (χ0n) is 21.3. The van der Waals surface area contributed by atoms with Gasteiger partial charge in [-0.05, 0) is 91.1 Å². The highest BCUT2D eigenvalue weighted by molar-refractivity contribution is 5.80. The lowest BCUT2D eigenvalue weighted by molar-refractivity contribution is 0.0828. The number of benzene rings is 1. The number of aromatic nitrogens is 5. The van der Waals surface area contributed by atoms with Gasteiger partial charge in [-0.3, -0.25) is 9.69 Å². The predicted octanol–water partition coefficient (Wildman–Crippen LogP) is 4.60. The summed E-state index contributed by atoms with van der Waals surface area (Å²) in [5.74, 6) is 0.901. The van der Waals surface area contributed by atoms with Crippen LogP contribution in [-0.4, -0.2) is 48.8 Å². The van der Waals surface area contributed by atoms with E-state index >= 15 is 0 Å². The van der Waals surface area contributed by atoms with Crippen molar-refractivity contribution in [2.75, 3.05) is 6.61 Å². The largest absolute Gasteiger partial charge is 0.376 e. The molecule has 1 aromatic carbocycles. The van der Waals surface area contributed by atoms with Crippen molar-refractivity contribution in [2.45, 2.75) is 103 Å². The molecule has 2 fully saturated rings. The van der Waals surface area contributed by atoms with Crippen molar-refractivity contribution in [3.8, 4) is 0 Å². The van der Waals surface area contributed by atoms with Crippen LogP contribution in [0.3, 0.4) is 0 Å². The molecule has 0 spiro atoms. The van der Waals surface area contributed by atoms with Crippen LogP contribution in [0.15, 0.2) is 23.0 Å². The van der Waals surface area contributed by atoms with E-state index in [9.17, 15) is 4.79 Å². The average molecular weight is 479 g/mol. The first-order valence-corrected chi connectivity index (χ1v) is 13.3. The first-order chi connectivity index (χ1) is 17.0. The number of H-pyrrole nitrogens is 1. The molecule has 1 aliphatic heterocycles. The van der Waals surface area contributed by atoms with Gasteiger partial charge in [0.25, 0.3) is 5.56 Å². The summed E-state index contributed by atoms with van der Waals surface area (Å²) < 4.78 is 7.83. The van der Waals surface area contributed by atoms with Crippen LogP contribution in [0.25, 0.3) is 10.9 Å². The summed E-state index contributed by atoms with van der Waals surface area (Å²) >= 11 is 0. The average Bonchev–Trinajstić information content (AvgIpc) is 3.62. The van der Waals surface area contributed by atoms with Crippen LogP contribution in [0.5, 0.6) is 0 Å². The van der Waals surface area contributed by atoms with Gasteiger partial charge in [0.1, 0.15) is 0 Å². The number of nitrogens with one attached hydrogen (secondary N) is 1. The molecule has 188 valence electrons. The monoisotopic (exact) mass is 478 g/mol. The number of fused-ring (bicyclic) bond motifs is 1. The van der Waals surface area contributed by atoms with Crippen molar-refractivity contribution in [2.24, 2.45) is 0 Å². The smallest absolute Gasteiger partial charge is 0.252 e. The Balaban J connectivity index is 1.50. The number of tetrazole rings is 1. The Morgan fingerprint density at radius 1 is 1.14 bits per heavy atom. The Morgan fingerprint density at radius 3 is 2.69 bits per heavy atom. The third-order valence-electron chi connectivity index (χ3n) is 7.90. The molecule has 2 aliphatic rings. The van der Waals surface area contributed by atoms with Crippen molar-refractivity contribution in [1.29, 1.82) is 0 Å². The zero-order chi connectivity index (χ0) is 24.4. The van der Waals surface area contributed by atoms with E-state index in [1.54, 1.807) is 0 Å². The molecule has 3 heterocycles. The molecule has 8 nitrogen and oxygen atoms in total. The van der Waals surface area contributed by atoms with E-state index in [1.807, 2.05) is 4.68 Å². The van der Waals surface area contributed by atoms with Gasteiger partial charge in [0, 0.05) is 30.3 Å². The normalized spacial score (nSPS) is 19.8. The van der Waals surface area contributed by atoms with Gasteiger partial charge in [-0.1, -0.05) is 26.2 Å². The van der Waals surface area contributed by atoms with Crippen LogP contribution in [0.4, 0.5) is 0 Å². The molecule has 5 rings (SSSR count). The molecule has 1 aliphatic carbocycles. The van der Waals surface area contributed by atoms with E-state index in [2.05, 4.69) is 64.4 Å². The molecule has 0 radical (unpaired) electrons. The fourth-order valence-corrected chi connectivity index (χ4v) is 5.84. The van der Waals surface area contributed by atoms with E-state index in [-0.39, 0.29) is 17.7 Å². The molecule has 1 saturated heterocycles. The predicted molar refractivity (Wildman–Crippen MR) is 136 cm³/mol. The highest BCUT2D eigenvalue weighted by Crippen LogP contribution is 2.34. The number of aromatic amines is 1. The van der Waals surface area contributed by atoms with Gasteiger partial charge in [0.2, 0.25) is 0 Å². The van der Waals surface area contributed by atoms with Crippen LogP contribution in [0.1, 0.15) is 86.8 Å². The third kappa shape index (κ3) is 5.19. The van der Waals surface area contributed by atoms with Crippen LogP contribution < -0.4 is 5.56 Å². The van der Waals surface area contributed by atoms with Gasteiger partial charge in [0.05, 0.1) is 18.7 Å².